The van der Waals surface area contributed by atoms with Crippen LogP contribution in [0.5, 0.6) is 0 Å². The number of urea groups is 1. The van der Waals surface area contributed by atoms with Gasteiger partial charge in [0.1, 0.15) is 0 Å². The molecule has 6 heteroatoms. The van der Waals surface area contributed by atoms with Gasteiger partial charge in [-0.2, -0.15) is 10.3 Å². The maximum atomic E-state index is 12.2. The van der Waals surface area contributed by atoms with Crippen molar-refractivity contribution in [1.29, 1.82) is 5.26 Å². The lowest BCUT2D eigenvalue weighted by Crippen LogP contribution is -2.36. The Bertz CT molecular complexity index is 907. The van der Waals surface area contributed by atoms with Crippen molar-refractivity contribution in [3.63, 3.8) is 0 Å². The van der Waals surface area contributed by atoms with Gasteiger partial charge in [-0.25, -0.2) is 4.79 Å². The first kappa shape index (κ1) is 16.5. The molecular weight excluding hydrogens is 314 g/mol. The smallest absolute Gasteiger partial charge is 0.347 e. The molecule has 0 spiro atoms. The highest BCUT2D eigenvalue weighted by Crippen LogP contribution is 2.33. The third kappa shape index (κ3) is 3.31. The maximum absolute atomic E-state index is 12.2. The number of benzene rings is 2. The number of fused-ring (bicyclic) bond motifs is 1. The van der Waals surface area contributed by atoms with Crippen LogP contribution < -0.4 is 11.5 Å². The number of hydrogen-bond donors (Lipinski definition) is 2. The number of rotatable bonds is 1. The van der Waals surface area contributed by atoms with Gasteiger partial charge in [-0.05, 0) is 53.3 Å². The lowest BCUT2D eigenvalue weighted by molar-refractivity contribution is 0.203. The fraction of sp³-hybridized carbons (Fsp3) is 0.211. The van der Waals surface area contributed by atoms with Crippen LogP contribution in [-0.2, 0) is 13.0 Å². The van der Waals surface area contributed by atoms with E-state index in [0.29, 0.717) is 18.7 Å². The number of aryl methyl sites for hydroxylation is 1. The monoisotopic (exact) mass is 333 g/mol. The molecule has 0 atom stereocenters. The SMILES string of the molecule is Cc1cc(C#N)ccc1-c1cccc2c1CN(C(=O)N=C(N)N)CC2. The Morgan fingerprint density at radius 2 is 2.04 bits per heavy atom. The van der Waals surface area contributed by atoms with Crippen molar-refractivity contribution in [2.45, 2.75) is 19.9 Å². The highest BCUT2D eigenvalue weighted by molar-refractivity contribution is 5.90. The molecule has 1 heterocycles. The van der Waals surface area contributed by atoms with Gasteiger partial charge in [-0.1, -0.05) is 24.3 Å². The third-order valence-corrected chi connectivity index (χ3v) is 4.41. The molecule has 4 N–H and O–H groups in total. The molecule has 0 aliphatic carbocycles. The van der Waals surface area contributed by atoms with E-state index in [-0.39, 0.29) is 5.96 Å². The molecule has 2 amide bonds. The maximum Gasteiger partial charge on any atom is 0.347 e. The van der Waals surface area contributed by atoms with Gasteiger partial charge in [0, 0.05) is 13.1 Å². The summed E-state index contributed by atoms with van der Waals surface area (Å²) in [7, 11) is 0. The molecular formula is C19H19N5O. The van der Waals surface area contributed by atoms with Crippen LogP contribution >= 0.6 is 0 Å². The number of guanidine groups is 1. The Kier molecular flexibility index (Phi) is 4.40. The van der Waals surface area contributed by atoms with Crippen LogP contribution in [0, 0.1) is 18.3 Å². The molecule has 0 bridgehead atoms. The number of nitriles is 1. The van der Waals surface area contributed by atoms with E-state index in [1.54, 1.807) is 4.90 Å². The van der Waals surface area contributed by atoms with Gasteiger partial charge < -0.3 is 16.4 Å². The largest absolute Gasteiger partial charge is 0.370 e. The van der Waals surface area contributed by atoms with Crippen molar-refractivity contribution in [3.8, 4) is 17.2 Å². The van der Waals surface area contributed by atoms with E-state index in [9.17, 15) is 4.79 Å². The zero-order chi connectivity index (χ0) is 18.0. The van der Waals surface area contributed by atoms with Crippen LogP contribution in [0.25, 0.3) is 11.1 Å². The fourth-order valence-corrected chi connectivity index (χ4v) is 3.21. The van der Waals surface area contributed by atoms with Crippen LogP contribution in [0.3, 0.4) is 0 Å². The molecule has 6 nitrogen and oxygen atoms in total. The topological polar surface area (TPSA) is 108 Å². The minimum Gasteiger partial charge on any atom is -0.370 e. The zero-order valence-corrected chi connectivity index (χ0v) is 14.0. The zero-order valence-electron chi connectivity index (χ0n) is 14.0. The predicted molar refractivity (Wildman–Crippen MR) is 96.6 cm³/mol. The van der Waals surface area contributed by atoms with Crippen LogP contribution in [0.1, 0.15) is 22.3 Å². The summed E-state index contributed by atoms with van der Waals surface area (Å²) in [5.41, 5.74) is 16.7. The average molecular weight is 333 g/mol. The van der Waals surface area contributed by atoms with E-state index < -0.39 is 6.03 Å². The highest BCUT2D eigenvalue weighted by Gasteiger charge is 2.23. The van der Waals surface area contributed by atoms with Gasteiger partial charge in [-0.15, -0.1) is 0 Å². The second-order valence-electron chi connectivity index (χ2n) is 6.08. The van der Waals surface area contributed by atoms with Crippen molar-refractivity contribution in [1.82, 2.24) is 4.90 Å². The van der Waals surface area contributed by atoms with Crippen molar-refractivity contribution in [2.24, 2.45) is 16.5 Å². The summed E-state index contributed by atoms with van der Waals surface area (Å²) >= 11 is 0. The number of nitrogens with two attached hydrogens (primary N) is 2. The molecule has 2 aromatic carbocycles. The molecule has 0 fully saturated rings. The summed E-state index contributed by atoms with van der Waals surface area (Å²) in [6.45, 7) is 3.03. The molecule has 0 unspecified atom stereocenters. The number of amides is 2. The molecule has 0 saturated carbocycles. The van der Waals surface area contributed by atoms with E-state index in [4.69, 9.17) is 16.7 Å². The molecule has 0 radical (unpaired) electrons. The summed E-state index contributed by atoms with van der Waals surface area (Å²) in [5, 5.41) is 9.06. The Labute approximate surface area is 146 Å². The standard InChI is InChI=1S/C19H19N5O/c1-12-9-13(10-20)5-6-15(12)16-4-2-3-14-7-8-24(11-17(14)16)19(25)23-18(21)22/h2-6,9H,7-8,11H2,1H3,(H4,21,22,23,25). The molecule has 3 rings (SSSR count). The summed E-state index contributed by atoms with van der Waals surface area (Å²) < 4.78 is 0. The quantitative estimate of drug-likeness (QED) is 0.616. The second-order valence-corrected chi connectivity index (χ2v) is 6.08. The van der Waals surface area contributed by atoms with Gasteiger partial charge in [0.05, 0.1) is 11.6 Å². The molecule has 25 heavy (non-hydrogen) atoms. The van der Waals surface area contributed by atoms with Gasteiger partial charge in [-0.3, -0.25) is 0 Å². The van der Waals surface area contributed by atoms with Crippen LogP contribution in [-0.4, -0.2) is 23.4 Å². The normalized spacial score (nSPS) is 12.9. The third-order valence-electron chi connectivity index (χ3n) is 4.41. The lowest BCUT2D eigenvalue weighted by Gasteiger charge is -2.29. The van der Waals surface area contributed by atoms with E-state index in [2.05, 4.69) is 17.1 Å². The predicted octanol–water partition coefficient (Wildman–Crippen LogP) is 2.29. The first-order valence-electron chi connectivity index (χ1n) is 8.00. The fourth-order valence-electron chi connectivity index (χ4n) is 3.21. The number of carbonyl (C=O) groups excluding carboxylic acids is 1. The van der Waals surface area contributed by atoms with Gasteiger partial charge in [0.2, 0.25) is 0 Å². The highest BCUT2D eigenvalue weighted by atomic mass is 16.2. The minimum atomic E-state index is -0.419. The van der Waals surface area contributed by atoms with Crippen molar-refractivity contribution in [2.75, 3.05) is 6.54 Å². The summed E-state index contributed by atoms with van der Waals surface area (Å²) in [5.74, 6) is -0.230. The first-order chi connectivity index (χ1) is 12.0. The Morgan fingerprint density at radius 1 is 1.24 bits per heavy atom. The van der Waals surface area contributed by atoms with Crippen molar-refractivity contribution < 1.29 is 4.79 Å². The summed E-state index contributed by atoms with van der Waals surface area (Å²) in [4.78, 5) is 17.4. The first-order valence-corrected chi connectivity index (χ1v) is 8.00. The Morgan fingerprint density at radius 3 is 2.72 bits per heavy atom. The van der Waals surface area contributed by atoms with Gasteiger partial charge >= 0.3 is 6.03 Å². The van der Waals surface area contributed by atoms with Gasteiger partial charge in [0.15, 0.2) is 5.96 Å². The minimum absolute atomic E-state index is 0.230. The van der Waals surface area contributed by atoms with Crippen LogP contribution in [0.4, 0.5) is 4.79 Å². The molecule has 126 valence electrons. The van der Waals surface area contributed by atoms with Crippen molar-refractivity contribution in [3.05, 3.63) is 58.7 Å². The van der Waals surface area contributed by atoms with E-state index in [1.165, 1.54) is 5.56 Å². The number of nitrogens with zero attached hydrogens (tertiary/aromatic N) is 3. The summed E-state index contributed by atoms with van der Waals surface area (Å²) in [6.07, 6.45) is 0.754. The number of aliphatic imine (C=N–C) groups is 1. The average Bonchev–Trinajstić information content (AvgIpc) is 2.60. The van der Waals surface area contributed by atoms with E-state index in [1.807, 2.05) is 37.3 Å². The van der Waals surface area contributed by atoms with Crippen molar-refractivity contribution >= 4 is 12.0 Å². The molecule has 0 aromatic heterocycles. The number of hydrogen-bond acceptors (Lipinski definition) is 2. The lowest BCUT2D eigenvalue weighted by atomic mass is 9.89. The summed E-state index contributed by atoms with van der Waals surface area (Å²) in [6, 6.07) is 13.5. The number of carbonyl (C=O) groups is 1. The van der Waals surface area contributed by atoms with E-state index in [0.717, 1.165) is 28.7 Å². The second kappa shape index (κ2) is 6.65. The molecule has 0 saturated heterocycles. The van der Waals surface area contributed by atoms with Crippen LogP contribution in [0.15, 0.2) is 41.4 Å². The van der Waals surface area contributed by atoms with E-state index >= 15 is 0 Å². The van der Waals surface area contributed by atoms with Crippen LogP contribution in [0.2, 0.25) is 0 Å². The Balaban J connectivity index is 2.02. The molecule has 2 aromatic rings. The molecule has 1 aliphatic heterocycles. The molecule has 1 aliphatic rings. The Hall–Kier alpha value is -3.33. The van der Waals surface area contributed by atoms with Gasteiger partial charge in [0.25, 0.3) is 0 Å².